The SMILES string of the molecule is O=C(Nc1cccc(C(=O)N2CCCC2)c1)c1cc(=O)[nH]c2ccccc12. The van der Waals surface area contributed by atoms with Gasteiger partial charge in [-0.3, -0.25) is 14.4 Å². The minimum absolute atomic E-state index is 0.0230. The summed E-state index contributed by atoms with van der Waals surface area (Å²) in [6.45, 7) is 1.54. The zero-order valence-corrected chi connectivity index (χ0v) is 14.7. The van der Waals surface area contributed by atoms with Gasteiger partial charge in [-0.25, -0.2) is 0 Å². The van der Waals surface area contributed by atoms with Gasteiger partial charge in [-0.1, -0.05) is 24.3 Å². The maximum absolute atomic E-state index is 12.8. The molecule has 4 rings (SSSR count). The number of H-pyrrole nitrogens is 1. The van der Waals surface area contributed by atoms with Crippen molar-refractivity contribution in [2.24, 2.45) is 0 Å². The van der Waals surface area contributed by atoms with E-state index in [1.807, 2.05) is 11.0 Å². The first kappa shape index (κ1) is 17.0. The molecule has 0 atom stereocenters. The van der Waals surface area contributed by atoms with E-state index in [0.717, 1.165) is 25.9 Å². The van der Waals surface area contributed by atoms with Crippen molar-refractivity contribution in [3.63, 3.8) is 0 Å². The smallest absolute Gasteiger partial charge is 0.256 e. The molecule has 0 bridgehead atoms. The molecule has 136 valence electrons. The predicted octanol–water partition coefficient (Wildman–Crippen LogP) is 3.02. The van der Waals surface area contributed by atoms with Crippen LogP contribution < -0.4 is 10.9 Å². The van der Waals surface area contributed by atoms with E-state index < -0.39 is 0 Å². The number of pyridine rings is 1. The van der Waals surface area contributed by atoms with Gasteiger partial charge < -0.3 is 15.2 Å². The summed E-state index contributed by atoms with van der Waals surface area (Å²) in [6, 6.07) is 15.3. The van der Waals surface area contributed by atoms with Gasteiger partial charge in [0.1, 0.15) is 0 Å². The van der Waals surface area contributed by atoms with Crippen LogP contribution >= 0.6 is 0 Å². The number of hydrogen-bond acceptors (Lipinski definition) is 3. The molecule has 0 spiro atoms. The second-order valence-electron chi connectivity index (χ2n) is 6.63. The first-order chi connectivity index (χ1) is 13.1. The molecule has 1 aliphatic rings. The molecule has 2 N–H and O–H groups in total. The van der Waals surface area contributed by atoms with Crippen molar-refractivity contribution in [1.82, 2.24) is 9.88 Å². The number of hydrogen-bond donors (Lipinski definition) is 2. The van der Waals surface area contributed by atoms with Gasteiger partial charge in [0.05, 0.1) is 5.56 Å². The summed E-state index contributed by atoms with van der Waals surface area (Å²) in [7, 11) is 0. The second kappa shape index (κ2) is 7.07. The van der Waals surface area contributed by atoms with E-state index in [9.17, 15) is 14.4 Å². The predicted molar refractivity (Wildman–Crippen MR) is 104 cm³/mol. The molecule has 6 nitrogen and oxygen atoms in total. The van der Waals surface area contributed by atoms with Gasteiger partial charge in [-0.05, 0) is 37.1 Å². The Labute approximate surface area is 155 Å². The standard InChI is InChI=1S/C21H19N3O3/c25-19-13-17(16-8-1-2-9-18(16)23-19)20(26)22-15-7-5-6-14(12-15)21(27)24-10-3-4-11-24/h1-2,5-9,12-13H,3-4,10-11H2,(H,22,26)(H,23,25). The maximum Gasteiger partial charge on any atom is 0.256 e. The third-order valence-corrected chi connectivity index (χ3v) is 4.76. The Morgan fingerprint density at radius 2 is 1.74 bits per heavy atom. The Hall–Kier alpha value is -3.41. The van der Waals surface area contributed by atoms with Crippen LogP contribution in [0.5, 0.6) is 0 Å². The largest absolute Gasteiger partial charge is 0.339 e. The number of para-hydroxylation sites is 1. The maximum atomic E-state index is 12.8. The molecule has 2 heterocycles. The fourth-order valence-electron chi connectivity index (χ4n) is 3.42. The molecule has 2 amide bonds. The van der Waals surface area contributed by atoms with E-state index in [1.165, 1.54) is 6.07 Å². The molecule has 1 aromatic heterocycles. The van der Waals surface area contributed by atoms with Gasteiger partial charge in [0.15, 0.2) is 0 Å². The molecule has 6 heteroatoms. The van der Waals surface area contributed by atoms with Crippen LogP contribution in [-0.4, -0.2) is 34.8 Å². The molecule has 0 saturated carbocycles. The summed E-state index contributed by atoms with van der Waals surface area (Å²) in [5, 5.41) is 3.47. The zero-order chi connectivity index (χ0) is 18.8. The Morgan fingerprint density at radius 1 is 0.963 bits per heavy atom. The summed E-state index contributed by atoms with van der Waals surface area (Å²) >= 11 is 0. The lowest BCUT2D eigenvalue weighted by molar-refractivity contribution is 0.0792. The first-order valence-electron chi connectivity index (χ1n) is 8.94. The Morgan fingerprint density at radius 3 is 2.56 bits per heavy atom. The molecule has 0 radical (unpaired) electrons. The Balaban J connectivity index is 1.61. The molecule has 27 heavy (non-hydrogen) atoms. The number of nitrogens with zero attached hydrogens (tertiary/aromatic N) is 1. The van der Waals surface area contributed by atoms with Crippen LogP contribution in [0.4, 0.5) is 5.69 Å². The van der Waals surface area contributed by atoms with E-state index >= 15 is 0 Å². The molecule has 1 aliphatic heterocycles. The highest BCUT2D eigenvalue weighted by Crippen LogP contribution is 2.19. The Bertz CT molecular complexity index is 1080. The number of carbonyl (C=O) groups excluding carboxylic acids is 2. The second-order valence-corrected chi connectivity index (χ2v) is 6.63. The highest BCUT2D eigenvalue weighted by Gasteiger charge is 2.20. The van der Waals surface area contributed by atoms with E-state index in [0.29, 0.717) is 27.7 Å². The van der Waals surface area contributed by atoms with Crippen molar-refractivity contribution in [2.45, 2.75) is 12.8 Å². The van der Waals surface area contributed by atoms with E-state index in [-0.39, 0.29) is 17.4 Å². The third-order valence-electron chi connectivity index (χ3n) is 4.76. The summed E-state index contributed by atoms with van der Waals surface area (Å²) in [5.41, 5.74) is 1.63. The van der Waals surface area contributed by atoms with Crippen LogP contribution in [0.3, 0.4) is 0 Å². The number of carbonyl (C=O) groups is 2. The molecule has 3 aromatic rings. The van der Waals surface area contributed by atoms with Crippen LogP contribution in [0.15, 0.2) is 59.4 Å². The number of nitrogens with one attached hydrogen (secondary N) is 2. The van der Waals surface area contributed by atoms with Gasteiger partial charge >= 0.3 is 0 Å². The van der Waals surface area contributed by atoms with Crippen molar-refractivity contribution >= 4 is 28.4 Å². The normalized spacial score (nSPS) is 13.7. The van der Waals surface area contributed by atoms with Crippen molar-refractivity contribution in [2.75, 3.05) is 18.4 Å². The molecular weight excluding hydrogens is 342 g/mol. The first-order valence-corrected chi connectivity index (χ1v) is 8.94. The minimum Gasteiger partial charge on any atom is -0.339 e. The molecule has 0 unspecified atom stereocenters. The van der Waals surface area contributed by atoms with Crippen LogP contribution in [0.2, 0.25) is 0 Å². The average Bonchev–Trinajstić information content (AvgIpc) is 3.21. The van der Waals surface area contributed by atoms with Crippen molar-refractivity contribution in [3.8, 4) is 0 Å². The van der Waals surface area contributed by atoms with Crippen LogP contribution in [-0.2, 0) is 0 Å². The lowest BCUT2D eigenvalue weighted by Crippen LogP contribution is -2.27. The number of likely N-dealkylation sites (tertiary alicyclic amines) is 1. The quantitative estimate of drug-likeness (QED) is 0.752. The van der Waals surface area contributed by atoms with Gasteiger partial charge in [-0.2, -0.15) is 0 Å². The highest BCUT2D eigenvalue weighted by molar-refractivity contribution is 6.12. The molecule has 1 fully saturated rings. The summed E-state index contributed by atoms with van der Waals surface area (Å²) in [5.74, 6) is -0.409. The van der Waals surface area contributed by atoms with Crippen molar-refractivity contribution in [3.05, 3.63) is 76.1 Å². The summed E-state index contributed by atoms with van der Waals surface area (Å²) in [6.07, 6.45) is 2.05. The van der Waals surface area contributed by atoms with Crippen LogP contribution in [0, 0.1) is 0 Å². The van der Waals surface area contributed by atoms with E-state index in [2.05, 4.69) is 10.3 Å². The summed E-state index contributed by atoms with van der Waals surface area (Å²) in [4.78, 5) is 41.7. The molecule has 1 saturated heterocycles. The number of fused-ring (bicyclic) bond motifs is 1. The lowest BCUT2D eigenvalue weighted by atomic mass is 10.1. The lowest BCUT2D eigenvalue weighted by Gasteiger charge is -2.16. The van der Waals surface area contributed by atoms with E-state index in [4.69, 9.17) is 0 Å². The van der Waals surface area contributed by atoms with Gasteiger partial charge in [-0.15, -0.1) is 0 Å². The third kappa shape index (κ3) is 3.46. The number of benzene rings is 2. The van der Waals surface area contributed by atoms with Crippen LogP contribution in [0.1, 0.15) is 33.6 Å². The van der Waals surface area contributed by atoms with Gasteiger partial charge in [0.25, 0.3) is 11.8 Å². The summed E-state index contributed by atoms with van der Waals surface area (Å²) < 4.78 is 0. The minimum atomic E-state index is -0.386. The number of anilines is 1. The van der Waals surface area contributed by atoms with E-state index in [1.54, 1.807) is 42.5 Å². The Kier molecular flexibility index (Phi) is 4.46. The molecule has 0 aliphatic carbocycles. The van der Waals surface area contributed by atoms with Gasteiger partial charge in [0, 0.05) is 41.3 Å². The van der Waals surface area contributed by atoms with Crippen LogP contribution in [0.25, 0.3) is 10.9 Å². The number of rotatable bonds is 3. The number of aromatic nitrogens is 1. The van der Waals surface area contributed by atoms with Crippen molar-refractivity contribution < 1.29 is 9.59 Å². The number of amides is 2. The van der Waals surface area contributed by atoms with Crippen molar-refractivity contribution in [1.29, 1.82) is 0 Å². The fraction of sp³-hybridized carbons (Fsp3) is 0.190. The molecular formula is C21H19N3O3. The molecule has 2 aromatic carbocycles. The highest BCUT2D eigenvalue weighted by atomic mass is 16.2. The topological polar surface area (TPSA) is 82.3 Å². The number of aromatic amines is 1. The fourth-order valence-corrected chi connectivity index (χ4v) is 3.42. The monoisotopic (exact) mass is 361 g/mol. The zero-order valence-electron chi connectivity index (χ0n) is 14.7. The van der Waals surface area contributed by atoms with Gasteiger partial charge in [0.2, 0.25) is 5.56 Å². The average molecular weight is 361 g/mol.